The van der Waals surface area contributed by atoms with Gasteiger partial charge in [-0.25, -0.2) is 4.90 Å². The average molecular weight is 488 g/mol. The third kappa shape index (κ3) is 2.73. The van der Waals surface area contributed by atoms with E-state index in [0.717, 1.165) is 21.2 Å². The van der Waals surface area contributed by atoms with Crippen molar-refractivity contribution in [1.29, 1.82) is 0 Å². The second-order valence-corrected chi connectivity index (χ2v) is 9.90. The van der Waals surface area contributed by atoms with Crippen molar-refractivity contribution in [2.24, 2.45) is 11.8 Å². The van der Waals surface area contributed by atoms with Crippen LogP contribution in [0.15, 0.2) is 91.0 Å². The van der Waals surface area contributed by atoms with Gasteiger partial charge < -0.3 is 4.74 Å². The van der Waals surface area contributed by atoms with Gasteiger partial charge in [-0.3, -0.25) is 19.2 Å². The van der Waals surface area contributed by atoms with Crippen molar-refractivity contribution in [3.8, 4) is 0 Å². The van der Waals surface area contributed by atoms with E-state index in [0.29, 0.717) is 11.3 Å². The van der Waals surface area contributed by atoms with Gasteiger partial charge in [-0.1, -0.05) is 84.4 Å². The minimum atomic E-state index is -2.08. The Bertz CT molecular complexity index is 1630. The van der Waals surface area contributed by atoms with Crippen molar-refractivity contribution in [2.45, 2.75) is 18.6 Å². The summed E-state index contributed by atoms with van der Waals surface area (Å²) in [5.74, 6) is -4.46. The Kier molecular flexibility index (Phi) is 4.45. The van der Waals surface area contributed by atoms with E-state index in [1.54, 1.807) is 36.4 Å². The number of ketones is 2. The van der Waals surface area contributed by atoms with Crippen LogP contribution >= 0.6 is 0 Å². The number of Topliss-reactive ketones (excluding diaryl/α,β-unsaturated/α-hetero) is 2. The Morgan fingerprint density at radius 3 is 2.03 bits per heavy atom. The summed E-state index contributed by atoms with van der Waals surface area (Å²) in [5.41, 5.74) is 0.429. The predicted octanol–water partition coefficient (Wildman–Crippen LogP) is 4.84. The number of aryl methyl sites for hydroxylation is 1. The molecule has 4 aromatic rings. The van der Waals surface area contributed by atoms with Crippen LogP contribution in [0.1, 0.15) is 37.9 Å². The molecule has 2 fully saturated rings. The van der Waals surface area contributed by atoms with Gasteiger partial charge in [-0.05, 0) is 35.4 Å². The third-order valence-electron chi connectivity index (χ3n) is 7.94. The third-order valence-corrected chi connectivity index (χ3v) is 7.94. The number of benzene rings is 4. The molecule has 3 aliphatic rings. The lowest BCUT2D eigenvalue weighted by Crippen LogP contribution is -2.51. The van der Waals surface area contributed by atoms with Crippen LogP contribution < -0.4 is 4.90 Å². The van der Waals surface area contributed by atoms with Crippen LogP contribution in [0.25, 0.3) is 10.8 Å². The fraction of sp³-hybridized carbons (Fsp3) is 0.161. The first-order valence-electron chi connectivity index (χ1n) is 12.2. The summed E-state index contributed by atoms with van der Waals surface area (Å²) in [5, 5.41) is 1.77. The molecule has 3 atom stereocenters. The molecule has 2 saturated heterocycles. The Morgan fingerprint density at radius 2 is 1.32 bits per heavy atom. The fourth-order valence-corrected chi connectivity index (χ4v) is 6.25. The summed E-state index contributed by atoms with van der Waals surface area (Å²) < 4.78 is 6.45. The molecule has 2 aliphatic heterocycles. The Morgan fingerprint density at radius 1 is 0.703 bits per heavy atom. The van der Waals surface area contributed by atoms with E-state index in [9.17, 15) is 19.2 Å². The molecule has 1 spiro atoms. The molecule has 6 nitrogen and oxygen atoms in total. The van der Waals surface area contributed by atoms with Gasteiger partial charge >= 0.3 is 0 Å². The molecule has 2 heterocycles. The van der Waals surface area contributed by atoms with Crippen LogP contribution in [-0.2, 0) is 14.3 Å². The highest BCUT2D eigenvalue weighted by Crippen LogP contribution is 2.58. The lowest BCUT2D eigenvalue weighted by molar-refractivity contribution is -0.127. The maximum absolute atomic E-state index is 14.0. The molecule has 0 saturated carbocycles. The second-order valence-electron chi connectivity index (χ2n) is 9.90. The Labute approximate surface area is 212 Å². The van der Waals surface area contributed by atoms with Gasteiger partial charge in [0.1, 0.15) is 0 Å². The topological polar surface area (TPSA) is 80.8 Å². The quantitative estimate of drug-likeness (QED) is 0.299. The summed E-state index contributed by atoms with van der Waals surface area (Å²) in [6.45, 7) is 1.92. The van der Waals surface area contributed by atoms with Gasteiger partial charge in [0.15, 0.2) is 0 Å². The van der Waals surface area contributed by atoms with E-state index < -0.39 is 46.9 Å². The van der Waals surface area contributed by atoms with Crippen molar-refractivity contribution >= 4 is 39.8 Å². The summed E-state index contributed by atoms with van der Waals surface area (Å²) >= 11 is 0. The molecule has 0 radical (unpaired) electrons. The number of hydrogen-bond donors (Lipinski definition) is 0. The molecule has 0 N–H and O–H groups in total. The minimum absolute atomic E-state index is 0.221. The largest absolute Gasteiger partial charge is 0.349 e. The van der Waals surface area contributed by atoms with Crippen LogP contribution in [0.2, 0.25) is 0 Å². The number of anilines is 1. The zero-order chi connectivity index (χ0) is 25.5. The second kappa shape index (κ2) is 7.54. The minimum Gasteiger partial charge on any atom is -0.349 e. The standard InChI is InChI=1S/C31H21NO5/c1-17-13-15-19(16-14-17)32-29(35)24-25(30(32)36)31(27(33)22-10-4-5-11-23(22)28(31)34)37-26(24)21-12-6-8-18-7-2-3-9-20(18)21/h2-16,24-26H,1H3/t24-,25+,26+/m0/s1. The summed E-state index contributed by atoms with van der Waals surface area (Å²) in [6.07, 6.45) is -0.954. The van der Waals surface area contributed by atoms with Gasteiger partial charge in [-0.15, -0.1) is 0 Å². The molecule has 0 unspecified atom stereocenters. The molecule has 6 heteroatoms. The van der Waals surface area contributed by atoms with Crippen LogP contribution in [0.3, 0.4) is 0 Å². The number of nitrogens with zero attached hydrogens (tertiary/aromatic N) is 1. The predicted molar refractivity (Wildman–Crippen MR) is 136 cm³/mol. The highest BCUT2D eigenvalue weighted by molar-refractivity contribution is 6.37. The Hall–Kier alpha value is -4.42. The molecule has 2 amide bonds. The fourth-order valence-electron chi connectivity index (χ4n) is 6.25. The highest BCUT2D eigenvalue weighted by atomic mass is 16.5. The van der Waals surface area contributed by atoms with Gasteiger partial charge in [0.05, 0.1) is 23.6 Å². The molecular weight excluding hydrogens is 466 g/mol. The molecule has 37 heavy (non-hydrogen) atoms. The number of ether oxygens (including phenoxy) is 1. The zero-order valence-corrected chi connectivity index (χ0v) is 19.9. The number of amides is 2. The molecular formula is C31H21NO5. The van der Waals surface area contributed by atoms with Crippen molar-refractivity contribution in [3.63, 3.8) is 0 Å². The van der Waals surface area contributed by atoms with Crippen molar-refractivity contribution in [3.05, 3.63) is 113 Å². The van der Waals surface area contributed by atoms with Crippen LogP contribution in [0, 0.1) is 18.8 Å². The monoisotopic (exact) mass is 487 g/mol. The highest BCUT2D eigenvalue weighted by Gasteiger charge is 2.74. The number of fused-ring (bicyclic) bond motifs is 4. The number of hydrogen-bond acceptors (Lipinski definition) is 5. The summed E-state index contributed by atoms with van der Waals surface area (Å²) in [7, 11) is 0. The molecule has 7 rings (SSSR count). The average Bonchev–Trinajstić information content (AvgIpc) is 3.49. The molecule has 1 aliphatic carbocycles. The van der Waals surface area contributed by atoms with Gasteiger partial charge in [0.2, 0.25) is 29.0 Å². The van der Waals surface area contributed by atoms with Crippen LogP contribution in [0.5, 0.6) is 0 Å². The van der Waals surface area contributed by atoms with E-state index in [4.69, 9.17) is 4.74 Å². The maximum Gasteiger partial charge on any atom is 0.241 e. The van der Waals surface area contributed by atoms with Crippen LogP contribution in [-0.4, -0.2) is 29.0 Å². The molecule has 0 bridgehead atoms. The van der Waals surface area contributed by atoms with Crippen molar-refractivity contribution in [2.75, 3.05) is 4.90 Å². The zero-order valence-electron chi connectivity index (χ0n) is 19.9. The number of imide groups is 1. The van der Waals surface area contributed by atoms with Crippen LogP contribution in [0.4, 0.5) is 5.69 Å². The molecule has 180 valence electrons. The van der Waals surface area contributed by atoms with Gasteiger partial charge in [0, 0.05) is 11.1 Å². The summed E-state index contributed by atoms with van der Waals surface area (Å²) in [4.78, 5) is 57.1. The van der Waals surface area contributed by atoms with Crippen molar-refractivity contribution in [1.82, 2.24) is 0 Å². The molecule has 4 aromatic carbocycles. The van der Waals surface area contributed by atoms with Gasteiger partial charge in [0.25, 0.3) is 0 Å². The van der Waals surface area contributed by atoms with E-state index in [1.807, 2.05) is 61.5 Å². The normalized spacial score (nSPS) is 23.8. The number of rotatable bonds is 2. The Balaban J connectivity index is 1.46. The first-order chi connectivity index (χ1) is 17.9. The first kappa shape index (κ1) is 21.8. The van der Waals surface area contributed by atoms with Crippen molar-refractivity contribution < 1.29 is 23.9 Å². The number of carbonyl (C=O) groups excluding carboxylic acids is 4. The van der Waals surface area contributed by atoms with Gasteiger partial charge in [-0.2, -0.15) is 0 Å². The maximum atomic E-state index is 14.0. The van der Waals surface area contributed by atoms with E-state index in [-0.39, 0.29) is 11.1 Å². The van der Waals surface area contributed by atoms with E-state index in [2.05, 4.69) is 0 Å². The lowest BCUT2D eigenvalue weighted by atomic mass is 9.77. The SMILES string of the molecule is Cc1ccc(N2C(=O)[C@@H]3[C@@H](c4cccc5ccccc45)OC4(C(=O)c5ccccc5C4=O)[C@H]3C2=O)cc1. The summed E-state index contributed by atoms with van der Waals surface area (Å²) in [6, 6.07) is 26.9. The first-order valence-corrected chi connectivity index (χ1v) is 12.2. The van der Waals surface area contributed by atoms with E-state index >= 15 is 0 Å². The smallest absolute Gasteiger partial charge is 0.241 e. The lowest BCUT2D eigenvalue weighted by Gasteiger charge is -2.27. The number of carbonyl (C=O) groups is 4. The van der Waals surface area contributed by atoms with E-state index in [1.165, 1.54) is 0 Å². The molecule has 0 aromatic heterocycles.